The number of ether oxygens (including phenoxy) is 1. The van der Waals surface area contributed by atoms with E-state index in [2.05, 4.69) is 28.9 Å². The van der Waals surface area contributed by atoms with E-state index < -0.39 is 47.9 Å². The van der Waals surface area contributed by atoms with Crippen LogP contribution in [0.1, 0.15) is 77.8 Å². The molecule has 9 nitrogen and oxygen atoms in total. The summed E-state index contributed by atoms with van der Waals surface area (Å²) >= 11 is 0. The normalized spacial score (nSPS) is 24.4. The summed E-state index contributed by atoms with van der Waals surface area (Å²) in [6, 6.07) is 6.02. The van der Waals surface area contributed by atoms with E-state index in [9.17, 15) is 19.2 Å². The van der Waals surface area contributed by atoms with E-state index in [4.69, 9.17) is 10.00 Å². The summed E-state index contributed by atoms with van der Waals surface area (Å²) < 4.78 is 5.85. The van der Waals surface area contributed by atoms with Gasteiger partial charge in [-0.1, -0.05) is 52.7 Å². The number of esters is 1. The largest absolute Gasteiger partial charge is 0.460 e. The standard InChI is InChI=1S/C28H40N4O5/c1-6-7-8-18(4)24-15-25(33)31-22(14-20-9-11-21(16-29)12-10-20)27(35)30-19(5)26(34)32-23(13-17(2)3)28(36)37-24/h9-12,17-19,22-24H,6-8,13-15H2,1-5H3,(H,30,35)(H,31,33)(H,32,34)/t18-,19-,22-,23+,24-/m0/s1. The fraction of sp³-hybridized carbons (Fsp3) is 0.607. The zero-order valence-corrected chi connectivity index (χ0v) is 22.5. The van der Waals surface area contributed by atoms with Gasteiger partial charge in [-0.15, -0.1) is 0 Å². The summed E-state index contributed by atoms with van der Waals surface area (Å²) in [4.78, 5) is 52.3. The molecule has 3 amide bonds. The maximum atomic E-state index is 13.2. The van der Waals surface area contributed by atoms with Crippen LogP contribution in [0, 0.1) is 23.2 Å². The molecule has 1 aromatic rings. The molecule has 1 heterocycles. The topological polar surface area (TPSA) is 137 Å². The lowest BCUT2D eigenvalue weighted by atomic mass is 9.94. The minimum Gasteiger partial charge on any atom is -0.460 e. The highest BCUT2D eigenvalue weighted by Gasteiger charge is 2.33. The Morgan fingerprint density at radius 3 is 2.27 bits per heavy atom. The summed E-state index contributed by atoms with van der Waals surface area (Å²) in [5.74, 6) is -1.98. The number of nitriles is 1. The fourth-order valence-electron chi connectivity index (χ4n) is 4.26. The minimum absolute atomic E-state index is 0.0834. The monoisotopic (exact) mass is 512 g/mol. The Labute approximate surface area is 219 Å². The lowest BCUT2D eigenvalue weighted by Crippen LogP contribution is -2.55. The molecule has 1 aliphatic rings. The molecular weight excluding hydrogens is 472 g/mol. The van der Waals surface area contributed by atoms with Crippen molar-refractivity contribution in [1.82, 2.24) is 16.0 Å². The molecule has 1 fully saturated rings. The number of unbranched alkanes of at least 4 members (excludes halogenated alkanes) is 1. The third-order valence-electron chi connectivity index (χ3n) is 6.54. The molecule has 0 radical (unpaired) electrons. The second-order valence-electron chi connectivity index (χ2n) is 10.4. The quantitative estimate of drug-likeness (QED) is 0.458. The van der Waals surface area contributed by atoms with Gasteiger partial charge in [-0.25, -0.2) is 4.79 Å². The molecule has 0 aliphatic carbocycles. The lowest BCUT2D eigenvalue weighted by Gasteiger charge is -2.27. The Bertz CT molecular complexity index is 985. The molecule has 1 saturated heterocycles. The highest BCUT2D eigenvalue weighted by molar-refractivity contribution is 5.94. The molecule has 3 N–H and O–H groups in total. The summed E-state index contributed by atoms with van der Waals surface area (Å²) in [7, 11) is 0. The number of rotatable bonds is 8. The number of amides is 3. The van der Waals surface area contributed by atoms with Crippen LogP contribution < -0.4 is 16.0 Å². The van der Waals surface area contributed by atoms with E-state index >= 15 is 0 Å². The summed E-state index contributed by atoms with van der Waals surface area (Å²) in [5.41, 5.74) is 1.23. The molecule has 0 unspecified atom stereocenters. The Morgan fingerprint density at radius 2 is 1.68 bits per heavy atom. The molecule has 2 rings (SSSR count). The number of carbonyl (C=O) groups is 4. The Balaban J connectivity index is 2.36. The number of nitrogens with one attached hydrogen (secondary N) is 3. The highest BCUT2D eigenvalue weighted by atomic mass is 16.5. The van der Waals surface area contributed by atoms with Crippen molar-refractivity contribution in [3.8, 4) is 6.07 Å². The Morgan fingerprint density at radius 1 is 1.00 bits per heavy atom. The number of cyclic esters (lactones) is 1. The zero-order valence-electron chi connectivity index (χ0n) is 22.5. The molecule has 9 heteroatoms. The Hall–Kier alpha value is -3.41. The molecule has 1 aromatic carbocycles. The molecule has 0 bridgehead atoms. The summed E-state index contributed by atoms with van der Waals surface area (Å²) in [6.07, 6.45) is 2.42. The first kappa shape index (κ1) is 29.8. The van der Waals surface area contributed by atoms with E-state index in [1.54, 1.807) is 24.3 Å². The van der Waals surface area contributed by atoms with Crippen molar-refractivity contribution in [3.63, 3.8) is 0 Å². The molecule has 37 heavy (non-hydrogen) atoms. The van der Waals surface area contributed by atoms with Crippen molar-refractivity contribution >= 4 is 23.7 Å². The van der Waals surface area contributed by atoms with Gasteiger partial charge in [0.25, 0.3) is 0 Å². The van der Waals surface area contributed by atoms with Gasteiger partial charge in [0, 0.05) is 6.42 Å². The molecule has 5 atom stereocenters. The smallest absolute Gasteiger partial charge is 0.328 e. The van der Waals surface area contributed by atoms with E-state index in [1.165, 1.54) is 6.92 Å². The van der Waals surface area contributed by atoms with Crippen LogP contribution in [0.2, 0.25) is 0 Å². The second-order valence-corrected chi connectivity index (χ2v) is 10.4. The molecule has 0 spiro atoms. The van der Waals surface area contributed by atoms with Gasteiger partial charge in [0.1, 0.15) is 24.2 Å². The van der Waals surface area contributed by atoms with Crippen molar-refractivity contribution in [2.24, 2.45) is 11.8 Å². The van der Waals surface area contributed by atoms with Crippen molar-refractivity contribution < 1.29 is 23.9 Å². The van der Waals surface area contributed by atoms with Crippen LogP contribution in [0.5, 0.6) is 0 Å². The minimum atomic E-state index is -0.954. The van der Waals surface area contributed by atoms with Crippen molar-refractivity contribution in [2.45, 2.75) is 97.4 Å². The van der Waals surface area contributed by atoms with Crippen LogP contribution in [-0.2, 0) is 30.3 Å². The maximum absolute atomic E-state index is 13.2. The second kappa shape index (κ2) is 14.4. The van der Waals surface area contributed by atoms with Gasteiger partial charge < -0.3 is 20.7 Å². The predicted octanol–water partition coefficient (Wildman–Crippen LogP) is 2.76. The van der Waals surface area contributed by atoms with Crippen LogP contribution in [-0.4, -0.2) is 47.9 Å². The van der Waals surface area contributed by atoms with Crippen molar-refractivity contribution in [2.75, 3.05) is 0 Å². The van der Waals surface area contributed by atoms with Crippen LogP contribution in [0.15, 0.2) is 24.3 Å². The summed E-state index contributed by atoms with van der Waals surface area (Å²) in [5, 5.41) is 17.2. The van der Waals surface area contributed by atoms with Gasteiger partial charge in [0.15, 0.2) is 0 Å². The van der Waals surface area contributed by atoms with Crippen molar-refractivity contribution in [3.05, 3.63) is 35.4 Å². The SMILES string of the molecule is CCCC[C@H](C)[C@@H]1CC(=O)N[C@@H](Cc2ccc(C#N)cc2)C(=O)N[C@@H](C)C(=O)N[C@H](CC(C)C)C(=O)O1. The van der Waals surface area contributed by atoms with E-state index in [1.807, 2.05) is 20.8 Å². The van der Waals surface area contributed by atoms with Gasteiger partial charge in [0.05, 0.1) is 18.1 Å². The molecular formula is C28H40N4O5. The number of hydrogen-bond donors (Lipinski definition) is 3. The van der Waals surface area contributed by atoms with Crippen LogP contribution in [0.4, 0.5) is 0 Å². The number of nitrogens with zero attached hydrogens (tertiary/aromatic N) is 1. The molecule has 0 saturated carbocycles. The average molecular weight is 513 g/mol. The fourth-order valence-corrected chi connectivity index (χ4v) is 4.26. The van der Waals surface area contributed by atoms with Gasteiger partial charge in [-0.2, -0.15) is 5.26 Å². The first-order valence-corrected chi connectivity index (χ1v) is 13.1. The van der Waals surface area contributed by atoms with E-state index in [0.717, 1.165) is 24.8 Å². The number of benzene rings is 1. The first-order valence-electron chi connectivity index (χ1n) is 13.1. The Kier molecular flexibility index (Phi) is 11.6. The number of hydrogen-bond acceptors (Lipinski definition) is 6. The first-order chi connectivity index (χ1) is 17.5. The van der Waals surface area contributed by atoms with E-state index in [0.29, 0.717) is 12.0 Å². The van der Waals surface area contributed by atoms with Crippen LogP contribution in [0.3, 0.4) is 0 Å². The van der Waals surface area contributed by atoms with Crippen LogP contribution in [0.25, 0.3) is 0 Å². The summed E-state index contributed by atoms with van der Waals surface area (Å²) in [6.45, 7) is 9.42. The molecule has 1 aliphatic heterocycles. The third kappa shape index (κ3) is 9.52. The number of carbonyl (C=O) groups excluding carboxylic acids is 4. The van der Waals surface area contributed by atoms with Gasteiger partial charge in [-0.05, 0) is 49.3 Å². The zero-order chi connectivity index (χ0) is 27.5. The molecule has 0 aromatic heterocycles. The van der Waals surface area contributed by atoms with Gasteiger partial charge in [-0.3, -0.25) is 14.4 Å². The van der Waals surface area contributed by atoms with E-state index in [-0.39, 0.29) is 24.7 Å². The van der Waals surface area contributed by atoms with Crippen LogP contribution >= 0.6 is 0 Å². The average Bonchev–Trinajstić information content (AvgIpc) is 2.85. The van der Waals surface area contributed by atoms with Gasteiger partial charge >= 0.3 is 5.97 Å². The molecule has 202 valence electrons. The lowest BCUT2D eigenvalue weighted by molar-refractivity contribution is -0.157. The van der Waals surface area contributed by atoms with Crippen molar-refractivity contribution in [1.29, 1.82) is 5.26 Å². The third-order valence-corrected chi connectivity index (χ3v) is 6.54. The maximum Gasteiger partial charge on any atom is 0.328 e. The van der Waals surface area contributed by atoms with Gasteiger partial charge in [0.2, 0.25) is 17.7 Å². The predicted molar refractivity (Wildman–Crippen MR) is 139 cm³/mol. The highest BCUT2D eigenvalue weighted by Crippen LogP contribution is 2.21.